The van der Waals surface area contributed by atoms with Gasteiger partial charge in [-0.15, -0.1) is 0 Å². The van der Waals surface area contributed by atoms with Crippen molar-refractivity contribution < 1.29 is 27.9 Å². The lowest BCUT2D eigenvalue weighted by Crippen LogP contribution is -2.59. The zero-order valence-corrected chi connectivity index (χ0v) is 28.3. The number of likely N-dealkylation sites (tertiary alicyclic amines) is 1. The van der Waals surface area contributed by atoms with E-state index in [-0.39, 0.29) is 42.4 Å². The summed E-state index contributed by atoms with van der Waals surface area (Å²) in [6.45, 7) is 8.94. The maximum Gasteiger partial charge on any atom is 0.274 e. The summed E-state index contributed by atoms with van der Waals surface area (Å²) in [4.78, 5) is 49.6. The fraction of sp³-hybridized carbons (Fsp3) is 0.500. The van der Waals surface area contributed by atoms with Crippen LogP contribution in [0, 0.1) is 17.0 Å². The van der Waals surface area contributed by atoms with Gasteiger partial charge in [-0.25, -0.2) is 13.8 Å². The van der Waals surface area contributed by atoms with E-state index in [0.717, 1.165) is 30.8 Å². The van der Waals surface area contributed by atoms with E-state index in [1.54, 1.807) is 54.2 Å². The number of hydrogen-bond donors (Lipinski definition) is 2. The molecule has 0 bridgehead atoms. The van der Waals surface area contributed by atoms with Gasteiger partial charge in [0.05, 0.1) is 18.6 Å². The van der Waals surface area contributed by atoms with Crippen molar-refractivity contribution in [3.63, 3.8) is 0 Å². The molecule has 0 aliphatic carbocycles. The van der Waals surface area contributed by atoms with E-state index in [9.17, 15) is 23.2 Å². The molecule has 3 aromatic rings. The summed E-state index contributed by atoms with van der Waals surface area (Å²) < 4.78 is 35.5. The number of halogens is 2. The van der Waals surface area contributed by atoms with Crippen LogP contribution in [-0.4, -0.2) is 88.0 Å². The van der Waals surface area contributed by atoms with Gasteiger partial charge in [-0.2, -0.15) is 0 Å². The molecule has 4 unspecified atom stereocenters. The van der Waals surface area contributed by atoms with Crippen molar-refractivity contribution >= 4 is 17.7 Å². The minimum atomic E-state index is -0.854. The lowest BCUT2D eigenvalue weighted by Gasteiger charge is -2.37. The van der Waals surface area contributed by atoms with Crippen molar-refractivity contribution in [1.29, 1.82) is 0 Å². The molecule has 3 amide bonds. The molecule has 0 saturated carbocycles. The average Bonchev–Trinajstić information content (AvgIpc) is 3.78. The molecular formula is C36H46F2N6O4. The first-order valence-corrected chi connectivity index (χ1v) is 16.6. The molecule has 4 atom stereocenters. The molecule has 2 aliphatic rings. The predicted octanol–water partition coefficient (Wildman–Crippen LogP) is 3.98. The number of likely N-dealkylation sites (N-methyl/N-ethyl adjacent to an activating group) is 1. The summed E-state index contributed by atoms with van der Waals surface area (Å²) >= 11 is 0. The summed E-state index contributed by atoms with van der Waals surface area (Å²) in [6.07, 6.45) is 4.02. The minimum absolute atomic E-state index is 0.189. The van der Waals surface area contributed by atoms with Crippen LogP contribution in [0.1, 0.15) is 62.4 Å². The Morgan fingerprint density at radius 3 is 2.35 bits per heavy atom. The first-order valence-electron chi connectivity index (χ1n) is 16.6. The first-order chi connectivity index (χ1) is 22.8. The monoisotopic (exact) mass is 664 g/mol. The summed E-state index contributed by atoms with van der Waals surface area (Å²) in [6, 6.07) is 10.1. The molecule has 3 heterocycles. The van der Waals surface area contributed by atoms with Gasteiger partial charge in [-0.05, 0) is 74.2 Å². The third kappa shape index (κ3) is 8.39. The minimum Gasteiger partial charge on any atom is -0.489 e. The van der Waals surface area contributed by atoms with Crippen LogP contribution in [0.3, 0.4) is 0 Å². The Morgan fingerprint density at radius 1 is 1.06 bits per heavy atom. The van der Waals surface area contributed by atoms with Crippen molar-refractivity contribution in [2.45, 2.75) is 84.2 Å². The highest BCUT2D eigenvalue weighted by atomic mass is 19.1. The number of carbonyl (C=O) groups excluding carboxylic acids is 3. The number of aromatic nitrogens is 2. The molecule has 2 aliphatic heterocycles. The van der Waals surface area contributed by atoms with E-state index < -0.39 is 29.6 Å². The van der Waals surface area contributed by atoms with Crippen molar-refractivity contribution in [3.05, 3.63) is 83.4 Å². The van der Waals surface area contributed by atoms with Crippen LogP contribution in [0.5, 0.6) is 5.75 Å². The SMILES string of the molecule is CNC(C)C(=O)NC(C(=O)N1CC(Oc2ccc(F)cc2)CC1CN(CCc1ccc(F)cc1)C(=O)c1cn2c(n1)CCC2)C(C)(C)C. The highest BCUT2D eigenvalue weighted by Gasteiger charge is 2.44. The standard InChI is InChI=1S/C36H46F2N6O4/c1-23(39-5)33(45)41-32(36(2,3)4)35(47)44-21-29(48-28-14-12-26(38)13-15-28)19-27(44)20-43(18-16-24-8-10-25(37)11-9-24)34(46)30-22-42-17-6-7-31(42)40-30/h8-15,22-23,27,29,32,39H,6-7,16-21H2,1-5H3,(H,41,45). The number of hydrogen-bond acceptors (Lipinski definition) is 6. The van der Waals surface area contributed by atoms with Crippen molar-refractivity contribution in [2.75, 3.05) is 26.7 Å². The van der Waals surface area contributed by atoms with E-state index in [1.165, 1.54) is 24.3 Å². The van der Waals surface area contributed by atoms with E-state index in [0.29, 0.717) is 30.8 Å². The molecule has 10 nitrogen and oxygen atoms in total. The van der Waals surface area contributed by atoms with Crippen LogP contribution >= 0.6 is 0 Å². The Morgan fingerprint density at radius 2 is 1.73 bits per heavy atom. The number of amides is 3. The predicted molar refractivity (Wildman–Crippen MR) is 177 cm³/mol. The molecule has 1 aromatic heterocycles. The van der Waals surface area contributed by atoms with Gasteiger partial charge in [0, 0.05) is 38.7 Å². The number of imidazole rings is 1. The van der Waals surface area contributed by atoms with Crippen molar-refractivity contribution in [3.8, 4) is 5.75 Å². The van der Waals surface area contributed by atoms with Gasteiger partial charge < -0.3 is 29.7 Å². The van der Waals surface area contributed by atoms with Crippen molar-refractivity contribution in [1.82, 2.24) is 30.0 Å². The molecule has 2 aromatic carbocycles. The topological polar surface area (TPSA) is 109 Å². The molecule has 5 rings (SSSR count). The number of benzene rings is 2. The third-order valence-electron chi connectivity index (χ3n) is 9.18. The fourth-order valence-electron chi connectivity index (χ4n) is 6.29. The van der Waals surface area contributed by atoms with Crippen LogP contribution in [-0.2, 0) is 29.0 Å². The lowest BCUT2D eigenvalue weighted by atomic mass is 9.85. The second kappa shape index (κ2) is 14.8. The largest absolute Gasteiger partial charge is 0.489 e. The van der Waals surface area contributed by atoms with Gasteiger partial charge in [-0.3, -0.25) is 14.4 Å². The van der Waals surface area contributed by atoms with E-state index in [1.807, 2.05) is 25.3 Å². The summed E-state index contributed by atoms with van der Waals surface area (Å²) in [5.74, 6) is -0.208. The second-order valence-electron chi connectivity index (χ2n) is 13.9. The molecule has 48 heavy (non-hydrogen) atoms. The fourth-order valence-corrected chi connectivity index (χ4v) is 6.29. The van der Waals surface area contributed by atoms with Crippen LogP contribution in [0.2, 0.25) is 0 Å². The smallest absolute Gasteiger partial charge is 0.274 e. The average molecular weight is 665 g/mol. The summed E-state index contributed by atoms with van der Waals surface area (Å²) in [5.41, 5.74) is 0.586. The van der Waals surface area contributed by atoms with Gasteiger partial charge in [0.1, 0.15) is 41.0 Å². The molecule has 258 valence electrons. The number of nitrogens with one attached hydrogen (secondary N) is 2. The molecule has 12 heteroatoms. The highest BCUT2D eigenvalue weighted by Crippen LogP contribution is 2.29. The van der Waals surface area contributed by atoms with Crippen LogP contribution in [0.4, 0.5) is 8.78 Å². The Kier molecular flexibility index (Phi) is 10.8. The Balaban J connectivity index is 1.44. The molecule has 2 N–H and O–H groups in total. The number of carbonyl (C=O) groups is 3. The molecule has 0 spiro atoms. The van der Waals surface area contributed by atoms with Crippen LogP contribution < -0.4 is 15.4 Å². The number of ether oxygens (including phenoxy) is 1. The van der Waals surface area contributed by atoms with Gasteiger partial charge in [-0.1, -0.05) is 32.9 Å². The van der Waals surface area contributed by atoms with Crippen LogP contribution in [0.15, 0.2) is 54.7 Å². The Bertz CT molecular complexity index is 1570. The van der Waals surface area contributed by atoms with Gasteiger partial charge in [0.25, 0.3) is 5.91 Å². The van der Waals surface area contributed by atoms with E-state index in [2.05, 4.69) is 15.6 Å². The number of nitrogens with zero attached hydrogens (tertiary/aromatic N) is 4. The zero-order chi connectivity index (χ0) is 34.6. The summed E-state index contributed by atoms with van der Waals surface area (Å²) in [5, 5.41) is 5.87. The lowest BCUT2D eigenvalue weighted by molar-refractivity contribution is -0.141. The quantitative estimate of drug-likeness (QED) is 0.304. The molecular weight excluding hydrogens is 618 g/mol. The van der Waals surface area contributed by atoms with E-state index >= 15 is 0 Å². The van der Waals surface area contributed by atoms with Gasteiger partial charge in [0.15, 0.2) is 0 Å². The number of aryl methyl sites for hydroxylation is 2. The maximum atomic E-state index is 14.4. The van der Waals surface area contributed by atoms with Gasteiger partial charge in [0.2, 0.25) is 11.8 Å². The third-order valence-corrected chi connectivity index (χ3v) is 9.18. The second-order valence-corrected chi connectivity index (χ2v) is 13.9. The van der Waals surface area contributed by atoms with Gasteiger partial charge >= 0.3 is 0 Å². The number of fused-ring (bicyclic) bond motifs is 1. The highest BCUT2D eigenvalue weighted by molar-refractivity contribution is 5.93. The molecule has 1 fully saturated rings. The number of rotatable bonds is 12. The zero-order valence-electron chi connectivity index (χ0n) is 28.3. The van der Waals surface area contributed by atoms with E-state index in [4.69, 9.17) is 4.74 Å². The van der Waals surface area contributed by atoms with Crippen LogP contribution in [0.25, 0.3) is 0 Å². The maximum absolute atomic E-state index is 14.4. The molecule has 0 radical (unpaired) electrons. The normalized spacial score (nSPS) is 18.7. The Hall–Kier alpha value is -4.32. The molecule has 1 saturated heterocycles. The first kappa shape index (κ1) is 35.0. The summed E-state index contributed by atoms with van der Waals surface area (Å²) in [7, 11) is 1.68. The Labute approximate surface area is 280 Å². The van der Waals surface area contributed by atoms with Crippen molar-refractivity contribution in [2.24, 2.45) is 5.41 Å².